The highest BCUT2D eigenvalue weighted by Crippen LogP contribution is 2.35. The van der Waals surface area contributed by atoms with Crippen LogP contribution in [0, 0.1) is 0 Å². The van der Waals surface area contributed by atoms with Gasteiger partial charge in [0.25, 0.3) is 5.91 Å². The molecule has 0 bridgehead atoms. The highest BCUT2D eigenvalue weighted by atomic mass is 16.2. The van der Waals surface area contributed by atoms with E-state index < -0.39 is 5.54 Å². The van der Waals surface area contributed by atoms with Crippen LogP contribution in [0.1, 0.15) is 31.2 Å². The second kappa shape index (κ2) is 4.12. The van der Waals surface area contributed by atoms with Gasteiger partial charge in [0, 0.05) is 0 Å². The fourth-order valence-electron chi connectivity index (χ4n) is 2.90. The van der Waals surface area contributed by atoms with Crippen LogP contribution in [0.5, 0.6) is 0 Å². The summed E-state index contributed by atoms with van der Waals surface area (Å²) in [7, 11) is 0. The van der Waals surface area contributed by atoms with Crippen molar-refractivity contribution >= 4 is 11.9 Å². The van der Waals surface area contributed by atoms with Gasteiger partial charge in [-0.3, -0.25) is 9.69 Å². The normalized spacial score (nSPS) is 21.7. The molecule has 18 heavy (non-hydrogen) atoms. The molecule has 0 atom stereocenters. The van der Waals surface area contributed by atoms with E-state index in [4.69, 9.17) is 0 Å². The van der Waals surface area contributed by atoms with E-state index in [-0.39, 0.29) is 11.9 Å². The van der Waals surface area contributed by atoms with Gasteiger partial charge in [0.05, 0.1) is 6.54 Å². The molecule has 2 fully saturated rings. The number of benzene rings is 1. The van der Waals surface area contributed by atoms with Crippen molar-refractivity contribution in [3.8, 4) is 0 Å². The Morgan fingerprint density at radius 2 is 1.78 bits per heavy atom. The Kier molecular flexibility index (Phi) is 2.58. The number of hydrogen-bond acceptors (Lipinski definition) is 2. The van der Waals surface area contributed by atoms with E-state index in [0.717, 1.165) is 31.2 Å². The number of imide groups is 1. The van der Waals surface area contributed by atoms with Crippen LogP contribution in [0.2, 0.25) is 0 Å². The summed E-state index contributed by atoms with van der Waals surface area (Å²) < 4.78 is 0. The molecule has 1 spiro atoms. The molecule has 3 rings (SSSR count). The minimum absolute atomic E-state index is 0.0474. The van der Waals surface area contributed by atoms with Gasteiger partial charge in [-0.15, -0.1) is 0 Å². The third-order valence-corrected chi connectivity index (χ3v) is 3.89. The number of nitrogens with zero attached hydrogens (tertiary/aromatic N) is 1. The van der Waals surface area contributed by atoms with E-state index in [1.54, 1.807) is 0 Å². The quantitative estimate of drug-likeness (QED) is 0.809. The number of carbonyl (C=O) groups excluding carboxylic acids is 2. The van der Waals surface area contributed by atoms with Crippen molar-refractivity contribution in [1.29, 1.82) is 0 Å². The van der Waals surface area contributed by atoms with Gasteiger partial charge < -0.3 is 5.32 Å². The Balaban J connectivity index is 1.81. The third-order valence-electron chi connectivity index (χ3n) is 3.89. The largest absolute Gasteiger partial charge is 0.325 e. The van der Waals surface area contributed by atoms with Crippen molar-refractivity contribution in [2.24, 2.45) is 0 Å². The molecule has 1 aliphatic heterocycles. The van der Waals surface area contributed by atoms with E-state index in [1.807, 2.05) is 30.3 Å². The molecule has 4 heteroatoms. The van der Waals surface area contributed by atoms with Gasteiger partial charge in [0.1, 0.15) is 5.54 Å². The van der Waals surface area contributed by atoms with Crippen molar-refractivity contribution < 1.29 is 9.59 Å². The van der Waals surface area contributed by atoms with Crippen molar-refractivity contribution in [3.63, 3.8) is 0 Å². The molecule has 0 aromatic heterocycles. The fraction of sp³-hybridized carbons (Fsp3) is 0.429. The molecule has 1 aliphatic carbocycles. The highest BCUT2D eigenvalue weighted by molar-refractivity contribution is 6.07. The summed E-state index contributed by atoms with van der Waals surface area (Å²) in [6.07, 6.45) is 3.60. The van der Waals surface area contributed by atoms with Gasteiger partial charge in [-0.1, -0.05) is 43.2 Å². The molecule has 1 saturated heterocycles. The third kappa shape index (κ3) is 1.68. The Morgan fingerprint density at radius 3 is 2.44 bits per heavy atom. The topological polar surface area (TPSA) is 49.4 Å². The summed E-state index contributed by atoms with van der Waals surface area (Å²) in [5.74, 6) is -0.0474. The average molecular weight is 244 g/mol. The standard InChI is InChI=1S/C14H16N2O2/c17-12-14(8-4-5-9-14)15-13(18)16(12)10-11-6-2-1-3-7-11/h1-3,6-7H,4-5,8-10H2,(H,15,18). The number of hydrogen-bond donors (Lipinski definition) is 1. The van der Waals surface area contributed by atoms with Crippen LogP contribution >= 0.6 is 0 Å². The lowest BCUT2D eigenvalue weighted by Gasteiger charge is -2.20. The second-order valence-electron chi connectivity index (χ2n) is 5.10. The van der Waals surface area contributed by atoms with Crippen LogP contribution in [-0.4, -0.2) is 22.4 Å². The minimum atomic E-state index is -0.591. The number of rotatable bonds is 2. The summed E-state index contributed by atoms with van der Waals surface area (Å²) in [4.78, 5) is 25.7. The summed E-state index contributed by atoms with van der Waals surface area (Å²) in [6, 6.07) is 9.37. The van der Waals surface area contributed by atoms with Gasteiger partial charge in [-0.25, -0.2) is 4.79 Å². The molecule has 0 radical (unpaired) electrons. The second-order valence-corrected chi connectivity index (χ2v) is 5.10. The zero-order chi connectivity index (χ0) is 12.6. The number of urea groups is 1. The van der Waals surface area contributed by atoms with E-state index in [9.17, 15) is 9.59 Å². The zero-order valence-electron chi connectivity index (χ0n) is 10.2. The van der Waals surface area contributed by atoms with E-state index in [0.29, 0.717) is 6.54 Å². The van der Waals surface area contributed by atoms with Crippen LogP contribution in [0.3, 0.4) is 0 Å². The molecule has 1 heterocycles. The first-order chi connectivity index (χ1) is 8.71. The Labute approximate surface area is 106 Å². The molecular weight excluding hydrogens is 228 g/mol. The lowest BCUT2D eigenvalue weighted by molar-refractivity contribution is -0.131. The molecule has 1 aromatic carbocycles. The molecule has 4 nitrogen and oxygen atoms in total. The molecule has 2 aliphatic rings. The first-order valence-electron chi connectivity index (χ1n) is 6.39. The van der Waals surface area contributed by atoms with Crippen LogP contribution in [-0.2, 0) is 11.3 Å². The van der Waals surface area contributed by atoms with Gasteiger partial charge in [0.2, 0.25) is 0 Å². The highest BCUT2D eigenvalue weighted by Gasteiger charge is 2.52. The first kappa shape index (κ1) is 11.3. The maximum atomic E-state index is 12.4. The van der Waals surface area contributed by atoms with Gasteiger partial charge in [-0.05, 0) is 18.4 Å². The van der Waals surface area contributed by atoms with Crippen molar-refractivity contribution in [2.45, 2.75) is 37.8 Å². The van der Waals surface area contributed by atoms with Gasteiger partial charge >= 0.3 is 6.03 Å². The van der Waals surface area contributed by atoms with Crippen LogP contribution in [0.4, 0.5) is 4.79 Å². The van der Waals surface area contributed by atoms with Crippen LogP contribution < -0.4 is 5.32 Å². The smallest absolute Gasteiger partial charge is 0.323 e. The Morgan fingerprint density at radius 1 is 1.11 bits per heavy atom. The van der Waals surface area contributed by atoms with E-state index >= 15 is 0 Å². The molecule has 94 valence electrons. The molecule has 3 amide bonds. The van der Waals surface area contributed by atoms with Crippen molar-refractivity contribution in [3.05, 3.63) is 35.9 Å². The van der Waals surface area contributed by atoms with E-state index in [1.165, 1.54) is 4.90 Å². The predicted molar refractivity (Wildman–Crippen MR) is 66.7 cm³/mol. The average Bonchev–Trinajstić information content (AvgIpc) is 2.93. The summed E-state index contributed by atoms with van der Waals surface area (Å²) in [5, 5.41) is 2.89. The molecule has 1 aromatic rings. The Bertz CT molecular complexity index is 478. The Hall–Kier alpha value is -1.84. The van der Waals surface area contributed by atoms with Crippen LogP contribution in [0.15, 0.2) is 30.3 Å². The molecule has 1 saturated carbocycles. The maximum Gasteiger partial charge on any atom is 0.325 e. The molecular formula is C14H16N2O2. The molecule has 0 unspecified atom stereocenters. The SMILES string of the molecule is O=C1NC2(CCCC2)C(=O)N1Cc1ccccc1. The summed E-state index contributed by atoms with van der Waals surface area (Å²) in [5.41, 5.74) is 0.391. The van der Waals surface area contributed by atoms with Crippen molar-refractivity contribution in [1.82, 2.24) is 10.2 Å². The predicted octanol–water partition coefficient (Wildman–Crippen LogP) is 2.05. The lowest BCUT2D eigenvalue weighted by atomic mass is 9.98. The van der Waals surface area contributed by atoms with Crippen molar-refractivity contribution in [2.75, 3.05) is 0 Å². The fourth-order valence-corrected chi connectivity index (χ4v) is 2.90. The number of carbonyl (C=O) groups is 2. The van der Waals surface area contributed by atoms with Gasteiger partial charge in [0.15, 0.2) is 0 Å². The lowest BCUT2D eigenvalue weighted by Crippen LogP contribution is -2.44. The molecule has 1 N–H and O–H groups in total. The minimum Gasteiger partial charge on any atom is -0.323 e. The zero-order valence-corrected chi connectivity index (χ0v) is 10.2. The number of nitrogens with one attached hydrogen (secondary N) is 1. The maximum absolute atomic E-state index is 12.4. The van der Waals surface area contributed by atoms with Gasteiger partial charge in [-0.2, -0.15) is 0 Å². The summed E-state index contributed by atoms with van der Waals surface area (Å²) >= 11 is 0. The monoisotopic (exact) mass is 244 g/mol. The number of amides is 3. The first-order valence-corrected chi connectivity index (χ1v) is 6.39. The van der Waals surface area contributed by atoms with Crippen LogP contribution in [0.25, 0.3) is 0 Å². The van der Waals surface area contributed by atoms with E-state index in [2.05, 4.69) is 5.32 Å². The summed E-state index contributed by atoms with van der Waals surface area (Å²) in [6.45, 7) is 0.368.